The number of hydrogen-bond donors (Lipinski definition) is 1. The molecule has 24 heavy (non-hydrogen) atoms. The molecule has 0 aliphatic rings. The molecule has 0 heterocycles. The summed E-state index contributed by atoms with van der Waals surface area (Å²) in [5.74, 6) is 0.106. The lowest BCUT2D eigenvalue weighted by molar-refractivity contribution is -0.131. The molecule has 2 rings (SSSR count). The zero-order valence-corrected chi connectivity index (χ0v) is 16.1. The van der Waals surface area contributed by atoms with E-state index in [1.807, 2.05) is 37.3 Å². The molecule has 0 aliphatic heterocycles. The monoisotopic (exact) mass is 454 g/mol. The topological polar surface area (TPSA) is 55.8 Å². The number of carboxylic acids is 1. The second-order valence-corrected chi connectivity index (χ2v) is 6.39. The number of ether oxygens (including phenoxy) is 2. The van der Waals surface area contributed by atoms with Crippen LogP contribution in [0.25, 0.3) is 6.08 Å². The van der Waals surface area contributed by atoms with Gasteiger partial charge in [0, 0.05) is 10.5 Å². The molecule has 0 unspecified atom stereocenters. The average Bonchev–Trinajstić information content (AvgIpc) is 2.57. The van der Waals surface area contributed by atoms with Crippen molar-refractivity contribution in [1.29, 1.82) is 0 Å². The van der Waals surface area contributed by atoms with Crippen LogP contribution in [0.15, 0.2) is 51.4 Å². The zero-order chi connectivity index (χ0) is 17.5. The summed E-state index contributed by atoms with van der Waals surface area (Å²) < 4.78 is 13.0. The predicted molar refractivity (Wildman–Crippen MR) is 100 cm³/mol. The lowest BCUT2D eigenvalue weighted by atomic mass is 10.2. The summed E-state index contributed by atoms with van der Waals surface area (Å²) in [6.07, 6.45) is 2.58. The Balaban J connectivity index is 2.35. The summed E-state index contributed by atoms with van der Waals surface area (Å²) in [7, 11) is 0. The van der Waals surface area contributed by atoms with Crippen LogP contribution < -0.4 is 9.47 Å². The minimum absolute atomic E-state index is 0.399. The number of halogens is 2. The third-order valence-electron chi connectivity index (χ3n) is 3.09. The van der Waals surface area contributed by atoms with Gasteiger partial charge in [0.15, 0.2) is 11.5 Å². The summed E-state index contributed by atoms with van der Waals surface area (Å²) >= 11 is 6.97. The van der Waals surface area contributed by atoms with Crippen LogP contribution in [0.4, 0.5) is 0 Å². The van der Waals surface area contributed by atoms with Gasteiger partial charge in [0.1, 0.15) is 6.61 Å². The first-order chi connectivity index (χ1) is 11.5. The minimum atomic E-state index is -1.01. The molecule has 1 N–H and O–H groups in total. The maximum atomic E-state index is 10.7. The van der Waals surface area contributed by atoms with Crippen molar-refractivity contribution in [2.45, 2.75) is 13.5 Å². The summed E-state index contributed by atoms with van der Waals surface area (Å²) in [5, 5.41) is 8.80. The molecule has 0 atom stereocenters. The van der Waals surface area contributed by atoms with Crippen LogP contribution in [0, 0.1) is 0 Å². The Morgan fingerprint density at radius 2 is 1.88 bits per heavy atom. The Labute approximate surface area is 157 Å². The van der Waals surface area contributed by atoms with Crippen molar-refractivity contribution in [2.24, 2.45) is 0 Å². The fourth-order valence-electron chi connectivity index (χ4n) is 2.01. The number of hydrogen-bond acceptors (Lipinski definition) is 3. The highest BCUT2D eigenvalue weighted by Gasteiger charge is 2.17. The molecule has 0 amide bonds. The first-order valence-corrected chi connectivity index (χ1v) is 8.84. The summed E-state index contributed by atoms with van der Waals surface area (Å²) in [6.45, 7) is 2.75. The molecule has 0 bridgehead atoms. The van der Waals surface area contributed by atoms with Gasteiger partial charge in [0.2, 0.25) is 0 Å². The Morgan fingerprint density at radius 3 is 2.50 bits per heavy atom. The van der Waals surface area contributed by atoms with E-state index in [0.29, 0.717) is 39.2 Å². The van der Waals surface area contributed by atoms with Crippen LogP contribution >= 0.6 is 31.9 Å². The molecule has 0 aliphatic carbocycles. The molecule has 0 spiro atoms. The van der Waals surface area contributed by atoms with Gasteiger partial charge < -0.3 is 14.6 Å². The second-order valence-electron chi connectivity index (χ2n) is 4.80. The molecule has 0 radical (unpaired) electrons. The van der Waals surface area contributed by atoms with Gasteiger partial charge >= 0.3 is 5.97 Å². The van der Waals surface area contributed by atoms with Crippen LogP contribution in [0.2, 0.25) is 0 Å². The van der Waals surface area contributed by atoms with E-state index >= 15 is 0 Å². The molecule has 4 nitrogen and oxygen atoms in total. The summed E-state index contributed by atoms with van der Waals surface area (Å²) in [6, 6.07) is 11.6. The number of rotatable bonds is 7. The molecule has 126 valence electrons. The van der Waals surface area contributed by atoms with E-state index in [1.165, 1.54) is 6.08 Å². The largest absolute Gasteiger partial charge is 0.490 e. The molecule has 2 aromatic rings. The van der Waals surface area contributed by atoms with Crippen molar-refractivity contribution in [3.8, 4) is 11.5 Å². The Morgan fingerprint density at radius 1 is 1.17 bits per heavy atom. The van der Waals surface area contributed by atoms with Crippen LogP contribution in [0.5, 0.6) is 11.5 Å². The molecule has 0 saturated heterocycles. The standard InChI is InChI=1S/C18H16Br2O4/c1-2-23-14-10-13(8-9-15(21)22)16(19)17(20)18(14)24-11-12-6-4-3-5-7-12/h3-10H,2,11H2,1H3,(H,21,22)/b9-8+. The molecular weight excluding hydrogens is 440 g/mol. The Bertz CT molecular complexity index is 742. The van der Waals surface area contributed by atoms with Gasteiger partial charge in [0.25, 0.3) is 0 Å². The fourth-order valence-corrected chi connectivity index (χ4v) is 2.98. The Hall–Kier alpha value is -1.79. The van der Waals surface area contributed by atoms with E-state index in [-0.39, 0.29) is 0 Å². The van der Waals surface area contributed by atoms with Crippen molar-refractivity contribution in [2.75, 3.05) is 6.61 Å². The Kier molecular flexibility index (Phi) is 6.87. The van der Waals surface area contributed by atoms with E-state index in [0.717, 1.165) is 11.6 Å². The van der Waals surface area contributed by atoms with Gasteiger partial charge in [-0.05, 0) is 62.1 Å². The minimum Gasteiger partial charge on any atom is -0.490 e. The lowest BCUT2D eigenvalue weighted by Crippen LogP contribution is -2.01. The van der Waals surface area contributed by atoms with Crippen molar-refractivity contribution in [3.05, 3.63) is 62.5 Å². The van der Waals surface area contributed by atoms with E-state index in [2.05, 4.69) is 31.9 Å². The normalized spacial score (nSPS) is 10.8. The highest BCUT2D eigenvalue weighted by molar-refractivity contribution is 9.13. The van der Waals surface area contributed by atoms with Crippen LogP contribution in [0.3, 0.4) is 0 Å². The van der Waals surface area contributed by atoms with Crippen molar-refractivity contribution in [3.63, 3.8) is 0 Å². The van der Waals surface area contributed by atoms with E-state index in [4.69, 9.17) is 14.6 Å². The van der Waals surface area contributed by atoms with E-state index in [1.54, 1.807) is 6.07 Å². The highest BCUT2D eigenvalue weighted by atomic mass is 79.9. The van der Waals surface area contributed by atoms with Gasteiger partial charge in [-0.15, -0.1) is 0 Å². The van der Waals surface area contributed by atoms with Crippen LogP contribution in [-0.4, -0.2) is 17.7 Å². The maximum Gasteiger partial charge on any atom is 0.328 e. The first kappa shape index (κ1) is 18.5. The average molecular weight is 456 g/mol. The zero-order valence-electron chi connectivity index (χ0n) is 13.0. The maximum absolute atomic E-state index is 10.7. The van der Waals surface area contributed by atoms with E-state index in [9.17, 15) is 4.79 Å². The quantitative estimate of drug-likeness (QED) is 0.576. The van der Waals surface area contributed by atoms with Gasteiger partial charge in [-0.3, -0.25) is 0 Å². The lowest BCUT2D eigenvalue weighted by Gasteiger charge is -2.16. The number of benzene rings is 2. The third kappa shape index (κ3) is 4.85. The van der Waals surface area contributed by atoms with Gasteiger partial charge in [0.05, 0.1) is 11.1 Å². The number of carbonyl (C=O) groups is 1. The van der Waals surface area contributed by atoms with Gasteiger partial charge in [-0.1, -0.05) is 30.3 Å². The molecular formula is C18H16Br2O4. The van der Waals surface area contributed by atoms with Crippen molar-refractivity contribution < 1.29 is 19.4 Å². The SMILES string of the molecule is CCOc1cc(/C=C/C(=O)O)c(Br)c(Br)c1OCc1ccccc1. The summed E-state index contributed by atoms with van der Waals surface area (Å²) in [4.78, 5) is 10.7. The molecule has 0 fully saturated rings. The third-order valence-corrected chi connectivity index (χ3v) is 5.23. The molecule has 6 heteroatoms. The fraction of sp³-hybridized carbons (Fsp3) is 0.167. The second kappa shape index (κ2) is 8.89. The smallest absolute Gasteiger partial charge is 0.328 e. The summed E-state index contributed by atoms with van der Waals surface area (Å²) in [5.41, 5.74) is 1.72. The van der Waals surface area contributed by atoms with Crippen molar-refractivity contribution >= 4 is 43.9 Å². The molecule has 2 aromatic carbocycles. The highest BCUT2D eigenvalue weighted by Crippen LogP contribution is 2.43. The number of aliphatic carboxylic acids is 1. The van der Waals surface area contributed by atoms with E-state index < -0.39 is 5.97 Å². The van der Waals surface area contributed by atoms with Crippen LogP contribution in [0.1, 0.15) is 18.1 Å². The van der Waals surface area contributed by atoms with Crippen LogP contribution in [-0.2, 0) is 11.4 Å². The number of carboxylic acid groups (broad SMARTS) is 1. The van der Waals surface area contributed by atoms with Gasteiger partial charge in [-0.25, -0.2) is 4.79 Å². The predicted octanol–water partition coefficient (Wildman–Crippen LogP) is 5.29. The first-order valence-electron chi connectivity index (χ1n) is 7.25. The van der Waals surface area contributed by atoms with Crippen molar-refractivity contribution in [1.82, 2.24) is 0 Å². The van der Waals surface area contributed by atoms with Gasteiger partial charge in [-0.2, -0.15) is 0 Å². The molecule has 0 aromatic heterocycles. The molecule has 0 saturated carbocycles.